The minimum atomic E-state index is 1.00. The number of hydrogen-bond acceptors (Lipinski definition) is 1. The van der Waals surface area contributed by atoms with Crippen LogP contribution in [0.15, 0.2) is 141 Å². The van der Waals surface area contributed by atoms with Crippen molar-refractivity contribution >= 4 is 50.6 Å². The highest BCUT2D eigenvalue weighted by molar-refractivity contribution is 6.20. The molecule has 38 heavy (non-hydrogen) atoms. The maximum atomic E-state index is 4.39. The minimum absolute atomic E-state index is 1.00. The highest BCUT2D eigenvalue weighted by Crippen LogP contribution is 2.37. The molecule has 0 N–H and O–H groups in total. The zero-order valence-corrected chi connectivity index (χ0v) is 21.0. The molecule has 6 rings (SSSR count). The Morgan fingerprint density at radius 2 is 1.66 bits per heavy atom. The summed E-state index contributed by atoms with van der Waals surface area (Å²) in [5, 5.41) is 3.69. The van der Waals surface area contributed by atoms with Gasteiger partial charge in [0.15, 0.2) is 0 Å². The second-order valence-electron chi connectivity index (χ2n) is 9.08. The molecule has 0 aliphatic carbocycles. The van der Waals surface area contributed by atoms with Crippen LogP contribution in [-0.4, -0.2) is 14.1 Å². The Bertz CT molecular complexity index is 1890. The first-order valence-corrected chi connectivity index (χ1v) is 12.6. The molecular formula is C35H27N3. The lowest BCUT2D eigenvalue weighted by Crippen LogP contribution is -1.93. The third kappa shape index (κ3) is 4.10. The number of para-hydroxylation sites is 2. The van der Waals surface area contributed by atoms with Crippen molar-refractivity contribution in [2.75, 3.05) is 0 Å². The van der Waals surface area contributed by atoms with Crippen LogP contribution in [0.2, 0.25) is 0 Å². The Morgan fingerprint density at radius 1 is 0.816 bits per heavy atom. The van der Waals surface area contributed by atoms with Crippen LogP contribution in [-0.2, 0) is 0 Å². The predicted molar refractivity (Wildman–Crippen MR) is 163 cm³/mol. The average Bonchev–Trinajstić information content (AvgIpc) is 3.53. The van der Waals surface area contributed by atoms with E-state index >= 15 is 0 Å². The molecule has 0 aliphatic heterocycles. The molecule has 0 saturated carbocycles. The lowest BCUT2D eigenvalue weighted by Gasteiger charge is -2.07. The van der Waals surface area contributed by atoms with Gasteiger partial charge in [0.2, 0.25) is 0 Å². The highest BCUT2D eigenvalue weighted by Gasteiger charge is 2.16. The SMILES string of the molecule is C=C/C=C\c1cncc(/C(C=C)=C/C=C/n2ccc3ccc4c(c5ccccc5n4-c4ccccc4)c32)c1. The van der Waals surface area contributed by atoms with E-state index in [0.717, 1.165) is 22.4 Å². The van der Waals surface area contributed by atoms with Gasteiger partial charge in [0.05, 0.1) is 16.6 Å². The van der Waals surface area contributed by atoms with Crippen LogP contribution < -0.4 is 0 Å². The normalized spacial score (nSPS) is 12.4. The maximum absolute atomic E-state index is 4.39. The third-order valence-corrected chi connectivity index (χ3v) is 6.79. The van der Waals surface area contributed by atoms with E-state index < -0.39 is 0 Å². The van der Waals surface area contributed by atoms with E-state index in [2.05, 4.69) is 131 Å². The van der Waals surface area contributed by atoms with Gasteiger partial charge in [-0.05, 0) is 53.6 Å². The number of allylic oxidation sites excluding steroid dienone is 6. The fourth-order valence-electron chi connectivity index (χ4n) is 5.09. The molecule has 0 spiro atoms. The van der Waals surface area contributed by atoms with Gasteiger partial charge in [0.1, 0.15) is 0 Å². The van der Waals surface area contributed by atoms with Crippen LogP contribution in [0.3, 0.4) is 0 Å². The fraction of sp³-hybridized carbons (Fsp3) is 0. The molecule has 0 amide bonds. The van der Waals surface area contributed by atoms with E-state index in [1.54, 1.807) is 6.08 Å². The lowest BCUT2D eigenvalue weighted by molar-refractivity contribution is 1.18. The summed E-state index contributed by atoms with van der Waals surface area (Å²) in [5.74, 6) is 0. The number of aromatic nitrogens is 3. The van der Waals surface area contributed by atoms with Crippen LogP contribution >= 0.6 is 0 Å². The molecule has 0 bridgehead atoms. The van der Waals surface area contributed by atoms with Crippen LogP contribution in [0.1, 0.15) is 11.1 Å². The zero-order valence-electron chi connectivity index (χ0n) is 21.0. The molecule has 0 radical (unpaired) electrons. The van der Waals surface area contributed by atoms with E-state index in [1.807, 2.05) is 30.6 Å². The molecule has 0 aliphatic rings. The van der Waals surface area contributed by atoms with Gasteiger partial charge >= 0.3 is 0 Å². The lowest BCUT2D eigenvalue weighted by atomic mass is 10.1. The average molecular weight is 490 g/mol. The molecular weight excluding hydrogens is 462 g/mol. The number of nitrogens with zero attached hydrogens (tertiary/aromatic N) is 3. The topological polar surface area (TPSA) is 22.8 Å². The van der Waals surface area contributed by atoms with Crippen LogP contribution in [0, 0.1) is 0 Å². The van der Waals surface area contributed by atoms with Crippen molar-refractivity contribution < 1.29 is 0 Å². The van der Waals surface area contributed by atoms with Gasteiger partial charge in [0.25, 0.3) is 0 Å². The number of pyridine rings is 1. The van der Waals surface area contributed by atoms with E-state index in [0.29, 0.717) is 0 Å². The number of rotatable bonds is 7. The maximum Gasteiger partial charge on any atom is 0.0622 e. The highest BCUT2D eigenvalue weighted by atomic mass is 15.0. The standard InChI is InChI=1S/C35H27N3/c1-3-5-12-26-23-29(25-36-24-26)27(4-2)13-11-21-37-22-20-28-18-19-33-34(35(28)37)31-16-9-10-17-32(31)38(33)30-14-7-6-8-15-30/h3-25H,1-2H2/b12-5-,21-11+,27-13+. The molecule has 3 heterocycles. The molecule has 0 saturated heterocycles. The first-order valence-electron chi connectivity index (χ1n) is 12.6. The van der Waals surface area contributed by atoms with Gasteiger partial charge in [-0.1, -0.05) is 86.0 Å². The van der Waals surface area contributed by atoms with E-state index in [4.69, 9.17) is 0 Å². The molecule has 6 aromatic rings. The molecule has 0 atom stereocenters. The fourth-order valence-corrected chi connectivity index (χ4v) is 5.09. The first kappa shape index (κ1) is 23.3. The number of hydrogen-bond donors (Lipinski definition) is 0. The summed E-state index contributed by atoms with van der Waals surface area (Å²) in [6.07, 6.45) is 19.6. The number of benzene rings is 3. The van der Waals surface area contributed by atoms with Crippen molar-refractivity contribution in [1.82, 2.24) is 14.1 Å². The van der Waals surface area contributed by atoms with Crippen molar-refractivity contribution in [1.29, 1.82) is 0 Å². The molecule has 0 fully saturated rings. The second kappa shape index (κ2) is 10.1. The van der Waals surface area contributed by atoms with Gasteiger partial charge < -0.3 is 9.13 Å². The molecule has 3 heteroatoms. The zero-order chi connectivity index (χ0) is 25.9. The monoisotopic (exact) mass is 489 g/mol. The van der Waals surface area contributed by atoms with Crippen LogP contribution in [0.4, 0.5) is 0 Å². The Balaban J connectivity index is 1.48. The van der Waals surface area contributed by atoms with Gasteiger partial charge in [-0.25, -0.2) is 0 Å². The Hall–Kier alpha value is -5.15. The van der Waals surface area contributed by atoms with Crippen molar-refractivity contribution in [2.45, 2.75) is 0 Å². The van der Waals surface area contributed by atoms with E-state index in [9.17, 15) is 0 Å². The van der Waals surface area contributed by atoms with Gasteiger partial charge in [0, 0.05) is 52.2 Å². The van der Waals surface area contributed by atoms with Crippen molar-refractivity contribution in [3.8, 4) is 5.69 Å². The van der Waals surface area contributed by atoms with Crippen LogP contribution in [0.25, 0.3) is 56.2 Å². The largest absolute Gasteiger partial charge is 0.323 e. The summed E-state index contributed by atoms with van der Waals surface area (Å²) in [6, 6.07) is 27.9. The summed E-state index contributed by atoms with van der Waals surface area (Å²) in [4.78, 5) is 4.39. The van der Waals surface area contributed by atoms with Crippen LogP contribution in [0.5, 0.6) is 0 Å². The van der Waals surface area contributed by atoms with Crippen molar-refractivity contribution in [2.24, 2.45) is 0 Å². The Morgan fingerprint density at radius 3 is 2.50 bits per heavy atom. The minimum Gasteiger partial charge on any atom is -0.323 e. The quantitative estimate of drug-likeness (QED) is 0.205. The summed E-state index contributed by atoms with van der Waals surface area (Å²) in [5.41, 5.74) is 7.78. The Kier molecular flexibility index (Phi) is 6.17. The van der Waals surface area contributed by atoms with Crippen molar-refractivity contribution in [3.05, 3.63) is 152 Å². The third-order valence-electron chi connectivity index (χ3n) is 6.79. The molecule has 182 valence electrons. The molecule has 3 nitrogen and oxygen atoms in total. The van der Waals surface area contributed by atoms with Gasteiger partial charge in [-0.2, -0.15) is 0 Å². The van der Waals surface area contributed by atoms with Gasteiger partial charge in [-0.15, -0.1) is 0 Å². The molecule has 0 unspecified atom stereocenters. The molecule has 3 aromatic carbocycles. The summed E-state index contributed by atoms with van der Waals surface area (Å²) < 4.78 is 4.56. The second-order valence-corrected chi connectivity index (χ2v) is 9.08. The molecule has 3 aromatic heterocycles. The van der Waals surface area contributed by atoms with E-state index in [-0.39, 0.29) is 0 Å². The first-order chi connectivity index (χ1) is 18.8. The summed E-state index contributed by atoms with van der Waals surface area (Å²) in [7, 11) is 0. The van der Waals surface area contributed by atoms with Gasteiger partial charge in [-0.3, -0.25) is 4.98 Å². The smallest absolute Gasteiger partial charge is 0.0622 e. The van der Waals surface area contributed by atoms with E-state index in [1.165, 1.54) is 32.7 Å². The van der Waals surface area contributed by atoms with Crippen molar-refractivity contribution in [3.63, 3.8) is 0 Å². The summed E-state index contributed by atoms with van der Waals surface area (Å²) in [6.45, 7) is 7.77. The predicted octanol–water partition coefficient (Wildman–Crippen LogP) is 9.07. The number of fused-ring (bicyclic) bond motifs is 5. The summed E-state index contributed by atoms with van der Waals surface area (Å²) >= 11 is 0. The Labute approximate surface area is 222 Å².